The SMILES string of the molecule is CCC(=O)N1CCN(C(=O)c2ccccc2O)CC1. The molecule has 0 unspecified atom stereocenters. The maximum Gasteiger partial charge on any atom is 0.257 e. The minimum atomic E-state index is -0.179. The lowest BCUT2D eigenvalue weighted by molar-refractivity contribution is -0.132. The third-order valence-electron chi connectivity index (χ3n) is 3.36. The van der Waals surface area contributed by atoms with E-state index in [-0.39, 0.29) is 17.6 Å². The molecule has 5 nitrogen and oxygen atoms in total. The second-order valence-electron chi connectivity index (χ2n) is 4.54. The molecule has 0 radical (unpaired) electrons. The highest BCUT2D eigenvalue weighted by Gasteiger charge is 2.25. The smallest absolute Gasteiger partial charge is 0.257 e. The zero-order valence-corrected chi connectivity index (χ0v) is 11.0. The molecule has 0 saturated carbocycles. The summed E-state index contributed by atoms with van der Waals surface area (Å²) in [5.41, 5.74) is 0.317. The second-order valence-corrected chi connectivity index (χ2v) is 4.54. The average molecular weight is 262 g/mol. The molecule has 1 N–H and O–H groups in total. The fourth-order valence-electron chi connectivity index (χ4n) is 2.21. The molecule has 1 aromatic carbocycles. The van der Waals surface area contributed by atoms with Crippen LogP contribution in [0.3, 0.4) is 0 Å². The van der Waals surface area contributed by atoms with Gasteiger partial charge in [-0.2, -0.15) is 0 Å². The Bertz CT molecular complexity index is 479. The summed E-state index contributed by atoms with van der Waals surface area (Å²) in [6.45, 7) is 3.98. The molecule has 1 heterocycles. The number of piperazine rings is 1. The Kier molecular flexibility index (Phi) is 4.04. The van der Waals surface area contributed by atoms with Crippen molar-refractivity contribution in [2.75, 3.05) is 26.2 Å². The first-order valence-electron chi connectivity index (χ1n) is 6.48. The summed E-state index contributed by atoms with van der Waals surface area (Å²) in [6, 6.07) is 6.53. The molecular formula is C14H18N2O3. The summed E-state index contributed by atoms with van der Waals surface area (Å²) in [7, 11) is 0. The summed E-state index contributed by atoms with van der Waals surface area (Å²) < 4.78 is 0. The zero-order valence-electron chi connectivity index (χ0n) is 11.0. The lowest BCUT2D eigenvalue weighted by Crippen LogP contribution is -2.50. The van der Waals surface area contributed by atoms with E-state index in [1.807, 2.05) is 6.92 Å². The number of rotatable bonds is 2. The van der Waals surface area contributed by atoms with Gasteiger partial charge >= 0.3 is 0 Å². The van der Waals surface area contributed by atoms with Crippen LogP contribution in [0.25, 0.3) is 0 Å². The Morgan fingerprint density at radius 1 is 1.11 bits per heavy atom. The van der Waals surface area contributed by atoms with Gasteiger partial charge in [0.25, 0.3) is 5.91 Å². The Balaban J connectivity index is 2.00. The first kappa shape index (κ1) is 13.4. The largest absolute Gasteiger partial charge is 0.507 e. The van der Waals surface area contributed by atoms with Crippen LogP contribution in [0, 0.1) is 0 Å². The van der Waals surface area contributed by atoms with Gasteiger partial charge < -0.3 is 14.9 Å². The minimum absolute atomic E-state index is 0.000404. The van der Waals surface area contributed by atoms with Gasteiger partial charge in [-0.3, -0.25) is 9.59 Å². The predicted molar refractivity (Wildman–Crippen MR) is 70.9 cm³/mol. The topological polar surface area (TPSA) is 60.9 Å². The molecule has 102 valence electrons. The third-order valence-corrected chi connectivity index (χ3v) is 3.36. The van der Waals surface area contributed by atoms with Crippen molar-refractivity contribution in [1.29, 1.82) is 0 Å². The predicted octanol–water partition coefficient (Wildman–Crippen LogP) is 1.09. The summed E-state index contributed by atoms with van der Waals surface area (Å²) in [5.74, 6) is -0.0593. The minimum Gasteiger partial charge on any atom is -0.507 e. The number of para-hydroxylation sites is 1. The Labute approximate surface area is 112 Å². The van der Waals surface area contributed by atoms with Gasteiger partial charge in [0.15, 0.2) is 0 Å². The monoisotopic (exact) mass is 262 g/mol. The number of carbonyl (C=O) groups excluding carboxylic acids is 2. The van der Waals surface area contributed by atoms with Crippen molar-refractivity contribution < 1.29 is 14.7 Å². The van der Waals surface area contributed by atoms with E-state index in [2.05, 4.69) is 0 Å². The molecule has 2 amide bonds. The van der Waals surface area contributed by atoms with E-state index in [1.165, 1.54) is 6.07 Å². The molecule has 2 rings (SSSR count). The summed E-state index contributed by atoms with van der Waals surface area (Å²) in [6.07, 6.45) is 0.493. The summed E-state index contributed by atoms with van der Waals surface area (Å²) >= 11 is 0. The van der Waals surface area contributed by atoms with Crippen molar-refractivity contribution in [2.24, 2.45) is 0 Å². The molecule has 0 spiro atoms. The number of carbonyl (C=O) groups is 2. The van der Waals surface area contributed by atoms with Crippen LogP contribution in [0.15, 0.2) is 24.3 Å². The van der Waals surface area contributed by atoms with Crippen LogP contribution >= 0.6 is 0 Å². The quantitative estimate of drug-likeness (QED) is 0.867. The van der Waals surface area contributed by atoms with E-state index in [9.17, 15) is 14.7 Å². The number of phenols is 1. The lowest BCUT2D eigenvalue weighted by Gasteiger charge is -2.34. The molecule has 1 saturated heterocycles. The molecule has 19 heavy (non-hydrogen) atoms. The first-order valence-corrected chi connectivity index (χ1v) is 6.48. The highest BCUT2D eigenvalue weighted by Crippen LogP contribution is 2.18. The van der Waals surface area contributed by atoms with Gasteiger partial charge in [-0.25, -0.2) is 0 Å². The second kappa shape index (κ2) is 5.73. The van der Waals surface area contributed by atoms with E-state index in [4.69, 9.17) is 0 Å². The molecule has 1 aromatic rings. The number of nitrogens with zero attached hydrogens (tertiary/aromatic N) is 2. The van der Waals surface area contributed by atoms with Gasteiger partial charge in [-0.1, -0.05) is 19.1 Å². The number of amides is 2. The maximum absolute atomic E-state index is 12.2. The van der Waals surface area contributed by atoms with E-state index in [1.54, 1.807) is 28.0 Å². The van der Waals surface area contributed by atoms with Crippen molar-refractivity contribution >= 4 is 11.8 Å². The van der Waals surface area contributed by atoms with Crippen molar-refractivity contribution in [3.05, 3.63) is 29.8 Å². The van der Waals surface area contributed by atoms with Crippen molar-refractivity contribution in [1.82, 2.24) is 9.80 Å². The van der Waals surface area contributed by atoms with E-state index >= 15 is 0 Å². The number of hydrogen-bond acceptors (Lipinski definition) is 3. The van der Waals surface area contributed by atoms with E-state index in [0.717, 1.165) is 0 Å². The van der Waals surface area contributed by atoms with Crippen LogP contribution in [-0.2, 0) is 4.79 Å². The molecule has 1 aliphatic heterocycles. The van der Waals surface area contributed by atoms with Crippen molar-refractivity contribution in [3.63, 3.8) is 0 Å². The number of aromatic hydroxyl groups is 1. The molecule has 0 aromatic heterocycles. The Morgan fingerprint density at radius 2 is 1.68 bits per heavy atom. The highest BCUT2D eigenvalue weighted by molar-refractivity contribution is 5.97. The molecule has 1 fully saturated rings. The fraction of sp³-hybridized carbons (Fsp3) is 0.429. The fourth-order valence-corrected chi connectivity index (χ4v) is 2.21. The van der Waals surface area contributed by atoms with Crippen LogP contribution in [-0.4, -0.2) is 52.9 Å². The van der Waals surface area contributed by atoms with Gasteiger partial charge in [0.05, 0.1) is 5.56 Å². The van der Waals surface area contributed by atoms with E-state index in [0.29, 0.717) is 38.2 Å². The van der Waals surface area contributed by atoms with Crippen LogP contribution in [0.2, 0.25) is 0 Å². The van der Waals surface area contributed by atoms with Gasteiger partial charge in [0.1, 0.15) is 5.75 Å². The Hall–Kier alpha value is -2.04. The standard InChI is InChI=1S/C14H18N2O3/c1-2-13(18)15-7-9-16(10-8-15)14(19)11-5-3-4-6-12(11)17/h3-6,17H,2,7-10H2,1H3. The molecule has 0 atom stereocenters. The Morgan fingerprint density at radius 3 is 2.26 bits per heavy atom. The van der Waals surface area contributed by atoms with Gasteiger partial charge in [0.2, 0.25) is 5.91 Å². The normalized spacial score (nSPS) is 15.4. The van der Waals surface area contributed by atoms with Crippen LogP contribution in [0.1, 0.15) is 23.7 Å². The van der Waals surface area contributed by atoms with Crippen molar-refractivity contribution in [2.45, 2.75) is 13.3 Å². The van der Waals surface area contributed by atoms with Gasteiger partial charge in [0, 0.05) is 32.6 Å². The molecular weight excluding hydrogens is 244 g/mol. The van der Waals surface area contributed by atoms with Crippen molar-refractivity contribution in [3.8, 4) is 5.75 Å². The lowest BCUT2D eigenvalue weighted by atomic mass is 10.1. The highest BCUT2D eigenvalue weighted by atomic mass is 16.3. The summed E-state index contributed by atoms with van der Waals surface area (Å²) in [5, 5.41) is 9.68. The van der Waals surface area contributed by atoms with Crippen LogP contribution in [0.4, 0.5) is 0 Å². The number of benzene rings is 1. The van der Waals surface area contributed by atoms with E-state index < -0.39 is 0 Å². The van der Waals surface area contributed by atoms with Crippen LogP contribution in [0.5, 0.6) is 5.75 Å². The average Bonchev–Trinajstić information content (AvgIpc) is 2.46. The van der Waals surface area contributed by atoms with Gasteiger partial charge in [-0.15, -0.1) is 0 Å². The zero-order chi connectivity index (χ0) is 13.8. The number of phenolic OH excluding ortho intramolecular Hbond substituents is 1. The molecule has 0 bridgehead atoms. The third kappa shape index (κ3) is 2.86. The maximum atomic E-state index is 12.2. The first-order chi connectivity index (χ1) is 9.13. The molecule has 5 heteroatoms. The number of hydrogen-bond donors (Lipinski definition) is 1. The van der Waals surface area contributed by atoms with Gasteiger partial charge in [-0.05, 0) is 12.1 Å². The summed E-state index contributed by atoms with van der Waals surface area (Å²) in [4.78, 5) is 27.2. The van der Waals surface area contributed by atoms with Crippen LogP contribution < -0.4 is 0 Å². The molecule has 0 aliphatic carbocycles. The molecule has 1 aliphatic rings.